The molecular weight excluding hydrogens is 184 g/mol. The summed E-state index contributed by atoms with van der Waals surface area (Å²) in [5.41, 5.74) is 8.54. The van der Waals surface area contributed by atoms with Crippen LogP contribution in [0.15, 0.2) is 29.8 Å². The smallest absolute Gasteiger partial charge is 0.0501 e. The predicted octanol–water partition coefficient (Wildman–Crippen LogP) is 2.74. The molecule has 1 rings (SSSR count). The number of nitrogens with two attached hydrogens (primary N) is 1. The molecule has 0 fully saturated rings. The number of halogens is 1. The van der Waals surface area contributed by atoms with Crippen molar-refractivity contribution in [3.8, 4) is 0 Å². The number of aryl methyl sites for hydroxylation is 1. The Bertz CT molecular complexity index is 321. The number of benzene rings is 1. The van der Waals surface area contributed by atoms with Crippen LogP contribution in [0, 0.1) is 6.92 Å². The van der Waals surface area contributed by atoms with Gasteiger partial charge in [-0.1, -0.05) is 18.2 Å². The van der Waals surface area contributed by atoms with Crippen molar-refractivity contribution in [2.45, 2.75) is 6.92 Å². The average Bonchev–Trinajstić information content (AvgIpc) is 2.07. The van der Waals surface area contributed by atoms with E-state index < -0.39 is 0 Å². The molecule has 13 heavy (non-hydrogen) atoms. The van der Waals surface area contributed by atoms with Crippen molar-refractivity contribution in [1.82, 2.24) is 0 Å². The van der Waals surface area contributed by atoms with Crippen molar-refractivity contribution < 1.29 is 0 Å². The summed E-state index contributed by atoms with van der Waals surface area (Å²) < 4.78 is 0. The molecule has 0 atom stereocenters. The van der Waals surface area contributed by atoms with Crippen LogP contribution >= 0.6 is 11.6 Å². The first kappa shape index (κ1) is 9.93. The maximum absolute atomic E-state index is 5.67. The van der Waals surface area contributed by atoms with Gasteiger partial charge in [0, 0.05) is 16.4 Å². The lowest BCUT2D eigenvalue weighted by Crippen LogP contribution is -2.01. The molecule has 0 bridgehead atoms. The lowest BCUT2D eigenvalue weighted by Gasteiger charge is -2.07. The number of nitrogen functional groups attached to an aromatic ring is 1. The highest BCUT2D eigenvalue weighted by atomic mass is 35.5. The summed E-state index contributed by atoms with van der Waals surface area (Å²) in [5.74, 6) is 0. The van der Waals surface area contributed by atoms with E-state index in [2.05, 4.69) is 11.9 Å². The topological polar surface area (TPSA) is 38.0 Å². The first-order valence-corrected chi connectivity index (χ1v) is 4.40. The van der Waals surface area contributed by atoms with Crippen LogP contribution in [0.5, 0.6) is 0 Å². The molecule has 2 nitrogen and oxygen atoms in total. The Morgan fingerprint density at radius 3 is 2.85 bits per heavy atom. The quantitative estimate of drug-likeness (QED) is 0.730. The van der Waals surface area contributed by atoms with E-state index in [-0.39, 0.29) is 0 Å². The number of nitrogens with one attached hydrogen (secondary N) is 1. The van der Waals surface area contributed by atoms with Crippen LogP contribution in [0.2, 0.25) is 0 Å². The van der Waals surface area contributed by atoms with Crippen LogP contribution < -0.4 is 11.1 Å². The van der Waals surface area contributed by atoms with E-state index in [0.717, 1.165) is 16.9 Å². The molecule has 0 aliphatic rings. The van der Waals surface area contributed by atoms with Gasteiger partial charge in [0.1, 0.15) is 0 Å². The molecule has 0 saturated carbocycles. The summed E-state index contributed by atoms with van der Waals surface area (Å²) in [7, 11) is 0. The number of rotatable bonds is 3. The molecule has 0 aromatic heterocycles. The molecule has 1 aromatic carbocycles. The van der Waals surface area contributed by atoms with E-state index in [1.165, 1.54) is 0 Å². The van der Waals surface area contributed by atoms with E-state index >= 15 is 0 Å². The Hall–Kier alpha value is -1.15. The highest BCUT2D eigenvalue weighted by Gasteiger charge is 1.95. The van der Waals surface area contributed by atoms with Gasteiger partial charge in [0.05, 0.1) is 6.54 Å². The first-order valence-electron chi connectivity index (χ1n) is 4.03. The van der Waals surface area contributed by atoms with Crippen LogP contribution in [-0.4, -0.2) is 6.54 Å². The van der Waals surface area contributed by atoms with Gasteiger partial charge in [-0.25, -0.2) is 0 Å². The highest BCUT2D eigenvalue weighted by Crippen LogP contribution is 2.16. The molecule has 0 unspecified atom stereocenters. The second-order valence-corrected chi connectivity index (χ2v) is 3.48. The standard InChI is InChI=1S/C10H13ClN2/c1-7-5-9(3-4-10(7)12)13-6-8(2)11/h3-5,13H,2,6,12H2,1H3. The fourth-order valence-electron chi connectivity index (χ4n) is 0.984. The largest absolute Gasteiger partial charge is 0.399 e. The van der Waals surface area contributed by atoms with Crippen LogP contribution in [0.25, 0.3) is 0 Å². The minimum Gasteiger partial charge on any atom is -0.399 e. The zero-order chi connectivity index (χ0) is 9.84. The zero-order valence-electron chi connectivity index (χ0n) is 7.60. The van der Waals surface area contributed by atoms with Crippen molar-refractivity contribution in [2.24, 2.45) is 0 Å². The lowest BCUT2D eigenvalue weighted by atomic mass is 10.2. The first-order chi connectivity index (χ1) is 6.09. The van der Waals surface area contributed by atoms with Crippen molar-refractivity contribution in [2.75, 3.05) is 17.6 Å². The summed E-state index contributed by atoms with van der Waals surface area (Å²) >= 11 is 5.62. The van der Waals surface area contributed by atoms with Gasteiger partial charge in [0.25, 0.3) is 0 Å². The second-order valence-electron chi connectivity index (χ2n) is 2.94. The van der Waals surface area contributed by atoms with Crippen LogP contribution in [0.4, 0.5) is 11.4 Å². The van der Waals surface area contributed by atoms with Gasteiger partial charge in [-0.3, -0.25) is 0 Å². The van der Waals surface area contributed by atoms with Gasteiger partial charge < -0.3 is 11.1 Å². The van der Waals surface area contributed by atoms with Gasteiger partial charge in [-0.15, -0.1) is 0 Å². The van der Waals surface area contributed by atoms with Gasteiger partial charge in [-0.05, 0) is 30.7 Å². The molecule has 3 heteroatoms. The van der Waals surface area contributed by atoms with E-state index in [9.17, 15) is 0 Å². The third-order valence-corrected chi connectivity index (χ3v) is 1.89. The van der Waals surface area contributed by atoms with Gasteiger partial charge >= 0.3 is 0 Å². The molecular formula is C10H13ClN2. The van der Waals surface area contributed by atoms with Crippen molar-refractivity contribution in [1.29, 1.82) is 0 Å². The Labute approximate surface area is 83.4 Å². The minimum atomic E-state index is 0.574. The Kier molecular flexibility index (Phi) is 3.20. The summed E-state index contributed by atoms with van der Waals surface area (Å²) in [4.78, 5) is 0. The number of anilines is 2. The minimum absolute atomic E-state index is 0.574. The van der Waals surface area contributed by atoms with Gasteiger partial charge in [-0.2, -0.15) is 0 Å². The van der Waals surface area contributed by atoms with Gasteiger partial charge in [0.2, 0.25) is 0 Å². The van der Waals surface area contributed by atoms with Crippen molar-refractivity contribution >= 4 is 23.0 Å². The van der Waals surface area contributed by atoms with E-state index in [1.54, 1.807) is 0 Å². The maximum Gasteiger partial charge on any atom is 0.0501 e. The van der Waals surface area contributed by atoms with Crippen LogP contribution in [0.1, 0.15) is 5.56 Å². The number of hydrogen-bond acceptors (Lipinski definition) is 2. The Morgan fingerprint density at radius 1 is 1.62 bits per heavy atom. The SMILES string of the molecule is C=C(Cl)CNc1ccc(N)c(C)c1. The lowest BCUT2D eigenvalue weighted by molar-refractivity contribution is 1.31. The van der Waals surface area contributed by atoms with Crippen LogP contribution in [0.3, 0.4) is 0 Å². The highest BCUT2D eigenvalue weighted by molar-refractivity contribution is 6.29. The molecule has 0 heterocycles. The van der Waals surface area contributed by atoms with E-state index in [4.69, 9.17) is 17.3 Å². The zero-order valence-corrected chi connectivity index (χ0v) is 8.36. The van der Waals surface area contributed by atoms with Gasteiger partial charge in [0.15, 0.2) is 0 Å². The third kappa shape index (κ3) is 2.99. The monoisotopic (exact) mass is 196 g/mol. The predicted molar refractivity (Wildman–Crippen MR) is 59.1 cm³/mol. The Balaban J connectivity index is 2.68. The molecule has 0 saturated heterocycles. The summed E-state index contributed by atoms with van der Waals surface area (Å²) in [6.07, 6.45) is 0. The normalized spacial score (nSPS) is 9.69. The van der Waals surface area contributed by atoms with Crippen LogP contribution in [-0.2, 0) is 0 Å². The summed E-state index contributed by atoms with van der Waals surface area (Å²) in [6.45, 7) is 6.13. The number of hydrogen-bond donors (Lipinski definition) is 2. The maximum atomic E-state index is 5.67. The molecule has 0 aliphatic heterocycles. The fraction of sp³-hybridized carbons (Fsp3) is 0.200. The summed E-state index contributed by atoms with van der Waals surface area (Å²) in [6, 6.07) is 5.77. The Morgan fingerprint density at radius 2 is 2.31 bits per heavy atom. The van der Waals surface area contributed by atoms with E-state index in [0.29, 0.717) is 11.6 Å². The molecule has 0 amide bonds. The second kappa shape index (κ2) is 4.19. The molecule has 0 radical (unpaired) electrons. The molecule has 70 valence electrons. The fourth-order valence-corrected chi connectivity index (χ4v) is 1.05. The van der Waals surface area contributed by atoms with Crippen molar-refractivity contribution in [3.63, 3.8) is 0 Å². The molecule has 0 aliphatic carbocycles. The molecule has 3 N–H and O–H groups in total. The van der Waals surface area contributed by atoms with E-state index in [1.807, 2.05) is 25.1 Å². The average molecular weight is 197 g/mol. The van der Waals surface area contributed by atoms with Crippen molar-refractivity contribution in [3.05, 3.63) is 35.4 Å². The third-order valence-electron chi connectivity index (χ3n) is 1.75. The summed E-state index contributed by atoms with van der Waals surface area (Å²) in [5, 5.41) is 3.72. The molecule has 1 aromatic rings. The molecule has 0 spiro atoms.